The summed E-state index contributed by atoms with van der Waals surface area (Å²) in [5.74, 6) is -0.191. The Morgan fingerprint density at radius 3 is 2.27 bits per heavy atom. The van der Waals surface area contributed by atoms with Gasteiger partial charge in [0.05, 0.1) is 0 Å². The fourth-order valence-corrected chi connectivity index (χ4v) is 5.36. The van der Waals surface area contributed by atoms with Gasteiger partial charge < -0.3 is 10.2 Å². The van der Waals surface area contributed by atoms with Crippen molar-refractivity contribution < 1.29 is 13.2 Å². The number of rotatable bonds is 5. The van der Waals surface area contributed by atoms with Gasteiger partial charge in [0.1, 0.15) is 0 Å². The fourth-order valence-electron chi connectivity index (χ4n) is 3.97. The molecule has 2 heterocycles. The van der Waals surface area contributed by atoms with Crippen LogP contribution in [0, 0.1) is 0 Å². The van der Waals surface area contributed by atoms with Crippen LogP contribution in [0.15, 0.2) is 30.3 Å². The van der Waals surface area contributed by atoms with Gasteiger partial charge in [-0.1, -0.05) is 30.3 Å². The van der Waals surface area contributed by atoms with Crippen LogP contribution in [-0.2, 0) is 21.1 Å². The fraction of sp³-hybridized carbons (Fsp3) is 0.632. The van der Waals surface area contributed by atoms with Crippen LogP contribution >= 0.6 is 0 Å². The van der Waals surface area contributed by atoms with Gasteiger partial charge in [-0.15, -0.1) is 0 Å². The van der Waals surface area contributed by atoms with Crippen molar-refractivity contribution in [2.24, 2.45) is 0 Å². The van der Waals surface area contributed by atoms with Crippen LogP contribution in [-0.4, -0.2) is 80.9 Å². The van der Waals surface area contributed by atoms with Crippen LogP contribution in [0.3, 0.4) is 0 Å². The van der Waals surface area contributed by atoms with Crippen molar-refractivity contribution in [2.75, 3.05) is 52.1 Å². The summed E-state index contributed by atoms with van der Waals surface area (Å²) in [6, 6.07) is 10.4. The van der Waals surface area contributed by atoms with Gasteiger partial charge in [-0.2, -0.15) is 0 Å². The Bertz CT molecular complexity index is 707. The van der Waals surface area contributed by atoms with Gasteiger partial charge in [0.15, 0.2) is 14.6 Å². The molecule has 0 bridgehead atoms. The summed E-state index contributed by atoms with van der Waals surface area (Å²) in [7, 11) is -3.44. The SMILES string of the molecule is CS(=O)(=O)C1(C(=O)N2CCN(CCc3ccccc3)CC2)CCNCC1. The van der Waals surface area contributed by atoms with E-state index in [4.69, 9.17) is 0 Å². The Balaban J connectivity index is 1.57. The number of piperazine rings is 1. The Kier molecular flexibility index (Phi) is 5.99. The molecule has 1 aromatic rings. The molecule has 1 amide bonds. The van der Waals surface area contributed by atoms with Gasteiger partial charge in [-0.3, -0.25) is 9.69 Å². The molecule has 2 saturated heterocycles. The summed E-state index contributed by atoms with van der Waals surface area (Å²) < 4.78 is 23.6. The maximum absolute atomic E-state index is 13.1. The van der Waals surface area contributed by atoms with Gasteiger partial charge in [0, 0.05) is 39.0 Å². The average molecular weight is 380 g/mol. The van der Waals surface area contributed by atoms with Crippen molar-refractivity contribution in [3.8, 4) is 0 Å². The number of piperidine rings is 1. The number of nitrogens with zero attached hydrogens (tertiary/aromatic N) is 2. The third kappa shape index (κ3) is 4.10. The van der Waals surface area contributed by atoms with Crippen molar-refractivity contribution in [2.45, 2.75) is 24.0 Å². The molecule has 144 valence electrons. The van der Waals surface area contributed by atoms with Crippen molar-refractivity contribution in [3.05, 3.63) is 35.9 Å². The molecule has 7 heteroatoms. The third-order valence-electron chi connectivity index (χ3n) is 5.73. The number of hydrogen-bond donors (Lipinski definition) is 1. The van der Waals surface area contributed by atoms with Crippen molar-refractivity contribution in [3.63, 3.8) is 0 Å². The molecule has 2 aliphatic heterocycles. The molecule has 26 heavy (non-hydrogen) atoms. The van der Waals surface area contributed by atoms with Crippen LogP contribution in [0.4, 0.5) is 0 Å². The molecule has 0 aromatic heterocycles. The number of carbonyl (C=O) groups excluding carboxylic acids is 1. The van der Waals surface area contributed by atoms with Gasteiger partial charge in [0.25, 0.3) is 0 Å². The molecular formula is C19H29N3O3S. The Labute approximate surface area is 156 Å². The standard InChI is InChI=1S/C19H29N3O3S/c1-26(24,25)19(8-10-20-11-9-19)18(23)22-15-13-21(14-16-22)12-7-17-5-3-2-4-6-17/h2-6,20H,7-16H2,1H3. The summed E-state index contributed by atoms with van der Waals surface area (Å²) in [6.07, 6.45) is 2.96. The predicted octanol–water partition coefficient (Wildman–Crippen LogP) is 0.540. The van der Waals surface area contributed by atoms with E-state index in [9.17, 15) is 13.2 Å². The zero-order valence-electron chi connectivity index (χ0n) is 15.5. The summed E-state index contributed by atoms with van der Waals surface area (Å²) >= 11 is 0. The van der Waals surface area contributed by atoms with Gasteiger partial charge in [0.2, 0.25) is 5.91 Å². The molecule has 6 nitrogen and oxygen atoms in total. The van der Waals surface area contributed by atoms with E-state index < -0.39 is 14.6 Å². The summed E-state index contributed by atoms with van der Waals surface area (Å²) in [5, 5.41) is 3.17. The number of sulfone groups is 1. The first kappa shape index (κ1) is 19.3. The molecule has 3 rings (SSSR count). The van der Waals surface area contributed by atoms with Crippen LogP contribution in [0.1, 0.15) is 18.4 Å². The highest BCUT2D eigenvalue weighted by Gasteiger charge is 2.50. The highest BCUT2D eigenvalue weighted by molar-refractivity contribution is 7.92. The highest BCUT2D eigenvalue weighted by Crippen LogP contribution is 2.30. The van der Waals surface area contributed by atoms with E-state index in [1.165, 1.54) is 11.8 Å². The van der Waals surface area contributed by atoms with E-state index in [1.807, 2.05) is 6.07 Å². The van der Waals surface area contributed by atoms with Crippen molar-refractivity contribution >= 4 is 15.7 Å². The normalized spacial score (nSPS) is 21.5. The van der Waals surface area contributed by atoms with E-state index in [0.717, 1.165) is 26.1 Å². The van der Waals surface area contributed by atoms with Crippen LogP contribution in [0.2, 0.25) is 0 Å². The Morgan fingerprint density at radius 2 is 1.69 bits per heavy atom. The summed E-state index contributed by atoms with van der Waals surface area (Å²) in [5.41, 5.74) is 1.32. The highest BCUT2D eigenvalue weighted by atomic mass is 32.2. The second-order valence-electron chi connectivity index (χ2n) is 7.39. The van der Waals surface area contributed by atoms with E-state index >= 15 is 0 Å². The molecule has 0 saturated carbocycles. The minimum absolute atomic E-state index is 0.191. The van der Waals surface area contributed by atoms with Crippen LogP contribution < -0.4 is 5.32 Å². The minimum Gasteiger partial charge on any atom is -0.339 e. The number of hydrogen-bond acceptors (Lipinski definition) is 5. The third-order valence-corrected chi connectivity index (χ3v) is 7.73. The van der Waals surface area contributed by atoms with Crippen LogP contribution in [0.25, 0.3) is 0 Å². The predicted molar refractivity (Wildman–Crippen MR) is 103 cm³/mol. The van der Waals surface area contributed by atoms with Gasteiger partial charge >= 0.3 is 0 Å². The second kappa shape index (κ2) is 8.06. The zero-order chi connectivity index (χ0) is 18.6. The lowest BCUT2D eigenvalue weighted by atomic mass is 9.95. The van der Waals surface area contributed by atoms with Gasteiger partial charge in [-0.25, -0.2) is 8.42 Å². The van der Waals surface area contributed by atoms with E-state index in [2.05, 4.69) is 34.5 Å². The zero-order valence-corrected chi connectivity index (χ0v) is 16.3. The molecule has 0 aliphatic carbocycles. The maximum Gasteiger partial charge on any atom is 0.244 e. The molecule has 1 N–H and O–H groups in total. The molecule has 0 atom stereocenters. The van der Waals surface area contributed by atoms with E-state index in [-0.39, 0.29) is 5.91 Å². The monoisotopic (exact) mass is 379 g/mol. The second-order valence-corrected chi connectivity index (χ2v) is 9.71. The smallest absolute Gasteiger partial charge is 0.244 e. The number of carbonyl (C=O) groups is 1. The van der Waals surface area contributed by atoms with E-state index in [1.54, 1.807) is 4.90 Å². The topological polar surface area (TPSA) is 69.7 Å². The van der Waals surface area contributed by atoms with Crippen molar-refractivity contribution in [1.29, 1.82) is 0 Å². The molecule has 2 aliphatic rings. The lowest BCUT2D eigenvalue weighted by Crippen LogP contribution is -2.61. The lowest BCUT2D eigenvalue weighted by Gasteiger charge is -2.42. The summed E-state index contributed by atoms with van der Waals surface area (Å²) in [6.45, 7) is 4.95. The Morgan fingerprint density at radius 1 is 1.08 bits per heavy atom. The average Bonchev–Trinajstić information content (AvgIpc) is 2.67. The maximum atomic E-state index is 13.1. The molecule has 0 spiro atoms. The first-order valence-electron chi connectivity index (χ1n) is 9.38. The first-order valence-corrected chi connectivity index (χ1v) is 11.3. The number of amides is 1. The Hall–Kier alpha value is -1.44. The molecule has 1 aromatic carbocycles. The minimum atomic E-state index is -3.44. The van der Waals surface area contributed by atoms with Crippen LogP contribution in [0.5, 0.6) is 0 Å². The number of nitrogens with one attached hydrogen (secondary N) is 1. The quantitative estimate of drug-likeness (QED) is 0.809. The molecule has 2 fully saturated rings. The number of benzene rings is 1. The van der Waals surface area contributed by atoms with E-state index in [0.29, 0.717) is 39.0 Å². The lowest BCUT2D eigenvalue weighted by molar-refractivity contribution is -0.136. The molecular weight excluding hydrogens is 350 g/mol. The molecule has 0 unspecified atom stereocenters. The van der Waals surface area contributed by atoms with Gasteiger partial charge in [-0.05, 0) is 37.9 Å². The molecule has 0 radical (unpaired) electrons. The van der Waals surface area contributed by atoms with Crippen molar-refractivity contribution in [1.82, 2.24) is 15.1 Å². The summed E-state index contributed by atoms with van der Waals surface area (Å²) in [4.78, 5) is 17.2. The largest absolute Gasteiger partial charge is 0.339 e. The first-order chi connectivity index (χ1) is 12.4.